The van der Waals surface area contributed by atoms with Crippen LogP contribution in [0.15, 0.2) is 78.6 Å². The van der Waals surface area contributed by atoms with Gasteiger partial charge in [0.05, 0.1) is 5.51 Å². The first-order valence-corrected chi connectivity index (χ1v) is 10.5. The first kappa shape index (κ1) is 23.2. The summed E-state index contributed by atoms with van der Waals surface area (Å²) in [5, 5.41) is 1.10. The summed E-state index contributed by atoms with van der Waals surface area (Å²) in [6, 6.07) is 20.5. The molecule has 2 nitrogen and oxygen atoms in total. The molecule has 26 heavy (non-hydrogen) atoms. The molecule has 6 heteroatoms. The quantitative estimate of drug-likeness (QED) is 0.309. The molecule has 0 aliphatic rings. The van der Waals surface area contributed by atoms with E-state index in [2.05, 4.69) is 63.7 Å². The van der Waals surface area contributed by atoms with Crippen molar-refractivity contribution in [1.29, 1.82) is 0 Å². The van der Waals surface area contributed by atoms with Crippen molar-refractivity contribution in [3.8, 4) is 10.6 Å². The number of aryl methyl sites for hydroxylation is 2. The maximum absolute atomic E-state index is 4.30. The van der Waals surface area contributed by atoms with E-state index in [9.17, 15) is 0 Å². The van der Waals surface area contributed by atoms with E-state index in [-0.39, 0.29) is 24.0 Å². The fraction of sp³-hybridized carbons (Fsp3) is 0.100. The van der Waals surface area contributed by atoms with Crippen LogP contribution in [0.1, 0.15) is 9.75 Å². The van der Waals surface area contributed by atoms with Crippen molar-refractivity contribution in [3.63, 3.8) is 0 Å². The average molecular weight is 605 g/mol. The van der Waals surface area contributed by atoms with E-state index in [4.69, 9.17) is 0 Å². The van der Waals surface area contributed by atoms with Gasteiger partial charge in [-0.3, -0.25) is 4.98 Å². The summed E-state index contributed by atoms with van der Waals surface area (Å²) in [5.74, 6) is 0. The Morgan fingerprint density at radius 2 is 1.42 bits per heavy atom. The van der Waals surface area contributed by atoms with Gasteiger partial charge in [0, 0.05) is 31.3 Å². The number of benzene rings is 2. The van der Waals surface area contributed by atoms with Gasteiger partial charge in [0.2, 0.25) is 0 Å². The minimum Gasteiger partial charge on any atom is -1.00 e. The Balaban J connectivity index is 0.000000208. The summed E-state index contributed by atoms with van der Waals surface area (Å²) >= 11 is 5.68. The molecule has 0 N–H and O–H groups in total. The minimum atomic E-state index is 0. The number of halogens is 2. The predicted octanol–water partition coefficient (Wildman–Crippen LogP) is 3.87. The van der Waals surface area contributed by atoms with Crippen molar-refractivity contribution in [3.05, 3.63) is 91.9 Å². The molecule has 0 spiro atoms. The smallest absolute Gasteiger partial charge is 0.123 e. The number of aromatic nitrogens is 2. The zero-order valence-corrected chi connectivity index (χ0v) is 20.4. The van der Waals surface area contributed by atoms with E-state index in [1.807, 2.05) is 61.2 Å². The maximum Gasteiger partial charge on any atom is 0.123 e. The summed E-state index contributed by atoms with van der Waals surface area (Å²) in [6.45, 7) is 4.11. The predicted molar refractivity (Wildman–Crippen MR) is 118 cm³/mol. The average Bonchev–Trinajstić information content (AvgIpc) is 3.29. The molecule has 0 amide bonds. The largest absolute Gasteiger partial charge is 1.00 e. The van der Waals surface area contributed by atoms with E-state index in [1.165, 1.54) is 18.9 Å². The number of thiazole rings is 2. The molecule has 0 unspecified atom stereocenters. The fourth-order valence-corrected chi connectivity index (χ4v) is 3.36. The highest BCUT2D eigenvalue weighted by molar-refractivity contribution is 14.1. The second-order valence-electron chi connectivity index (χ2n) is 5.05. The summed E-state index contributed by atoms with van der Waals surface area (Å²) in [4.78, 5) is 10.7. The summed E-state index contributed by atoms with van der Waals surface area (Å²) < 4.78 is 1.29. The topological polar surface area (TPSA) is 25.8 Å². The van der Waals surface area contributed by atoms with Crippen LogP contribution in [0.2, 0.25) is 0 Å². The Hall–Kier alpha value is -0.840. The molecule has 2 heterocycles. The standard InChI is InChI=1S/C10H9NS.C6H5I.C4H5NS.HI/c1-8-7-11-10(12-8)9-5-3-2-4-6-9;7-6-4-2-1-3-5-6;1-4-2-5-3-6-4;/h2-7H,1H3;1-5H;2-3H,1H3;1H/p-1. The molecule has 0 aliphatic carbocycles. The molecule has 0 bridgehead atoms. The Bertz CT molecular complexity index is 833. The maximum atomic E-state index is 4.30. The Morgan fingerprint density at radius 1 is 0.808 bits per heavy atom. The Morgan fingerprint density at radius 3 is 1.77 bits per heavy atom. The molecule has 136 valence electrons. The zero-order chi connectivity index (χ0) is 17.9. The second-order valence-corrected chi connectivity index (χ2v) is 8.62. The highest BCUT2D eigenvalue weighted by Gasteiger charge is 1.99. The zero-order valence-electron chi connectivity index (χ0n) is 14.5. The van der Waals surface area contributed by atoms with E-state index in [1.54, 1.807) is 22.7 Å². The van der Waals surface area contributed by atoms with Crippen LogP contribution < -0.4 is 24.0 Å². The molecule has 0 fully saturated rings. The van der Waals surface area contributed by atoms with Crippen molar-refractivity contribution in [2.24, 2.45) is 0 Å². The molecule has 4 aromatic rings. The van der Waals surface area contributed by atoms with Crippen LogP contribution in [0, 0.1) is 17.4 Å². The van der Waals surface area contributed by atoms with Crippen molar-refractivity contribution < 1.29 is 24.0 Å². The van der Waals surface area contributed by atoms with Crippen LogP contribution in [-0.4, -0.2) is 9.97 Å². The van der Waals surface area contributed by atoms with Gasteiger partial charge in [0.1, 0.15) is 5.01 Å². The molecule has 0 aliphatic heterocycles. The van der Waals surface area contributed by atoms with Crippen LogP contribution in [0.5, 0.6) is 0 Å². The Labute approximate surface area is 193 Å². The molecule has 0 atom stereocenters. The number of nitrogens with zero attached hydrogens (tertiary/aromatic N) is 2. The SMILES string of the molecule is Cc1cnc(-c2ccccc2)s1.Cc1cncs1.Ic1ccccc1.[I-]. The van der Waals surface area contributed by atoms with Crippen LogP contribution >= 0.6 is 45.3 Å². The lowest BCUT2D eigenvalue weighted by molar-refractivity contribution is -0.00000493. The lowest BCUT2D eigenvalue weighted by Crippen LogP contribution is -3.00. The normalized spacial score (nSPS) is 9.04. The van der Waals surface area contributed by atoms with Crippen LogP contribution in [0.25, 0.3) is 10.6 Å². The van der Waals surface area contributed by atoms with Gasteiger partial charge in [-0.15, -0.1) is 22.7 Å². The van der Waals surface area contributed by atoms with E-state index in [0.29, 0.717) is 0 Å². The Kier molecular flexibility index (Phi) is 11.9. The molecular formula is C20H19I2N2S2-. The second kappa shape index (κ2) is 13.3. The van der Waals surface area contributed by atoms with Gasteiger partial charge in [0.25, 0.3) is 0 Å². The van der Waals surface area contributed by atoms with Crippen LogP contribution in [0.4, 0.5) is 0 Å². The highest BCUT2D eigenvalue weighted by atomic mass is 127. The van der Waals surface area contributed by atoms with Crippen LogP contribution in [-0.2, 0) is 0 Å². The molecule has 0 saturated heterocycles. The summed E-state index contributed by atoms with van der Waals surface area (Å²) in [7, 11) is 0. The van der Waals surface area contributed by atoms with Gasteiger partial charge in [0.15, 0.2) is 0 Å². The number of rotatable bonds is 1. The monoisotopic (exact) mass is 605 g/mol. The lowest BCUT2D eigenvalue weighted by Gasteiger charge is -1.92. The first-order valence-electron chi connectivity index (χ1n) is 7.68. The van der Waals surface area contributed by atoms with Gasteiger partial charge in [-0.1, -0.05) is 48.5 Å². The fourth-order valence-electron chi connectivity index (χ4n) is 1.76. The molecule has 0 radical (unpaired) electrons. The van der Waals surface area contributed by atoms with Gasteiger partial charge in [-0.25, -0.2) is 4.98 Å². The number of hydrogen-bond donors (Lipinski definition) is 0. The molecule has 2 aromatic carbocycles. The molecular weight excluding hydrogens is 586 g/mol. The minimum absolute atomic E-state index is 0. The van der Waals surface area contributed by atoms with Crippen molar-refractivity contribution in [2.45, 2.75) is 13.8 Å². The van der Waals surface area contributed by atoms with Crippen molar-refractivity contribution in [2.75, 3.05) is 0 Å². The van der Waals surface area contributed by atoms with Gasteiger partial charge < -0.3 is 24.0 Å². The van der Waals surface area contributed by atoms with E-state index in [0.717, 1.165) is 5.01 Å². The highest BCUT2D eigenvalue weighted by Crippen LogP contribution is 2.23. The first-order chi connectivity index (χ1) is 12.1. The molecule has 0 saturated carbocycles. The molecule has 2 aromatic heterocycles. The van der Waals surface area contributed by atoms with Crippen LogP contribution in [0.3, 0.4) is 0 Å². The van der Waals surface area contributed by atoms with Crippen molar-refractivity contribution >= 4 is 45.3 Å². The third-order valence-electron chi connectivity index (χ3n) is 2.93. The third kappa shape index (κ3) is 9.20. The number of hydrogen-bond acceptors (Lipinski definition) is 4. The lowest BCUT2D eigenvalue weighted by atomic mass is 10.2. The van der Waals surface area contributed by atoms with E-state index < -0.39 is 0 Å². The van der Waals surface area contributed by atoms with Gasteiger partial charge in [-0.05, 0) is 48.6 Å². The van der Waals surface area contributed by atoms with Crippen molar-refractivity contribution in [1.82, 2.24) is 9.97 Å². The summed E-state index contributed by atoms with van der Waals surface area (Å²) in [5.41, 5.74) is 3.03. The third-order valence-corrected chi connectivity index (χ3v) is 5.32. The van der Waals surface area contributed by atoms with Gasteiger partial charge >= 0.3 is 0 Å². The molecule has 4 rings (SSSR count). The van der Waals surface area contributed by atoms with E-state index >= 15 is 0 Å². The summed E-state index contributed by atoms with van der Waals surface area (Å²) in [6.07, 6.45) is 3.76. The van der Waals surface area contributed by atoms with Gasteiger partial charge in [-0.2, -0.15) is 0 Å².